The maximum Gasteiger partial charge on any atom is 0.183 e. The van der Waals surface area contributed by atoms with E-state index in [0.717, 1.165) is 23.4 Å². The van der Waals surface area contributed by atoms with Gasteiger partial charge in [0.2, 0.25) is 0 Å². The van der Waals surface area contributed by atoms with E-state index in [1.807, 2.05) is 35.3 Å². The van der Waals surface area contributed by atoms with E-state index in [2.05, 4.69) is 42.5 Å². The van der Waals surface area contributed by atoms with Crippen LogP contribution >= 0.6 is 11.8 Å². The number of carbonyl (C=O) groups is 1. The summed E-state index contributed by atoms with van der Waals surface area (Å²) in [5.74, 6) is 0.444. The third-order valence-corrected chi connectivity index (χ3v) is 4.75. The maximum absolute atomic E-state index is 12.3. The molecule has 0 spiro atoms. The average molecular weight is 324 g/mol. The van der Waals surface area contributed by atoms with Gasteiger partial charge in [-0.2, -0.15) is 5.10 Å². The molecule has 0 fully saturated rings. The Morgan fingerprint density at radius 2 is 1.87 bits per heavy atom. The Morgan fingerprint density at radius 3 is 2.52 bits per heavy atom. The second-order valence-corrected chi connectivity index (χ2v) is 6.63. The van der Waals surface area contributed by atoms with Gasteiger partial charge in [-0.15, -0.1) is 11.8 Å². The third kappa shape index (κ3) is 3.64. The number of hydrogen-bond acceptors (Lipinski definition) is 4. The van der Waals surface area contributed by atoms with Crippen molar-refractivity contribution in [3.63, 3.8) is 0 Å². The normalized spacial score (nSPS) is 17.2. The Labute approximate surface area is 141 Å². The van der Waals surface area contributed by atoms with Gasteiger partial charge in [0.05, 0.1) is 12.3 Å². The van der Waals surface area contributed by atoms with Crippen LogP contribution < -0.4 is 0 Å². The van der Waals surface area contributed by atoms with Gasteiger partial charge in [-0.25, -0.2) is 0 Å². The molecule has 1 aliphatic rings. The van der Waals surface area contributed by atoms with Crippen LogP contribution in [0.15, 0.2) is 64.6 Å². The molecule has 118 valence electrons. The summed E-state index contributed by atoms with van der Waals surface area (Å²) in [5.41, 5.74) is 2.96. The Hall–Kier alpha value is -2.07. The summed E-state index contributed by atoms with van der Waals surface area (Å²) in [6.45, 7) is 3.28. The van der Waals surface area contributed by atoms with Gasteiger partial charge in [0.15, 0.2) is 5.78 Å². The minimum Gasteiger partial charge on any atom is -0.292 e. The zero-order valence-corrected chi connectivity index (χ0v) is 14.2. The number of carbonyl (C=O) groups excluding carboxylic acids is 1. The van der Waals surface area contributed by atoms with Crippen molar-refractivity contribution in [1.82, 2.24) is 5.01 Å². The molecule has 0 amide bonds. The van der Waals surface area contributed by atoms with E-state index in [1.54, 1.807) is 11.8 Å². The predicted octanol–water partition coefficient (Wildman–Crippen LogP) is 3.95. The van der Waals surface area contributed by atoms with Crippen molar-refractivity contribution < 1.29 is 4.79 Å². The summed E-state index contributed by atoms with van der Waals surface area (Å²) in [7, 11) is 0. The molecule has 0 radical (unpaired) electrons. The molecule has 3 rings (SSSR count). The second-order valence-electron chi connectivity index (χ2n) is 5.75. The number of benzene rings is 2. The van der Waals surface area contributed by atoms with Gasteiger partial charge in [-0.1, -0.05) is 49.4 Å². The highest BCUT2D eigenvalue weighted by atomic mass is 32.2. The maximum atomic E-state index is 12.3. The molecule has 4 heteroatoms. The second kappa shape index (κ2) is 7.01. The lowest BCUT2D eigenvalue weighted by Crippen LogP contribution is -2.25. The first-order chi connectivity index (χ1) is 11.2. The fraction of sp³-hybridized carbons (Fsp3) is 0.263. The van der Waals surface area contributed by atoms with Crippen LogP contribution in [0.5, 0.6) is 0 Å². The lowest BCUT2D eigenvalue weighted by Gasteiger charge is -2.13. The molecule has 0 saturated carbocycles. The topological polar surface area (TPSA) is 32.7 Å². The largest absolute Gasteiger partial charge is 0.292 e. The molecular weight excluding hydrogens is 304 g/mol. The van der Waals surface area contributed by atoms with Gasteiger partial charge >= 0.3 is 0 Å². The SMILES string of the molecule is CSc1ccc(C2=NN(CC(=O)c3ccccc3)CC2C)cc1. The van der Waals surface area contributed by atoms with Crippen molar-refractivity contribution in [1.29, 1.82) is 0 Å². The number of hydrogen-bond donors (Lipinski definition) is 0. The smallest absolute Gasteiger partial charge is 0.183 e. The van der Waals surface area contributed by atoms with Gasteiger partial charge < -0.3 is 0 Å². The molecular formula is C19H20N2OS. The Bertz CT molecular complexity index is 710. The van der Waals surface area contributed by atoms with Gasteiger partial charge in [0.25, 0.3) is 0 Å². The molecule has 2 aromatic carbocycles. The highest BCUT2D eigenvalue weighted by Crippen LogP contribution is 2.22. The van der Waals surface area contributed by atoms with Crippen LogP contribution in [0.4, 0.5) is 0 Å². The number of hydrazone groups is 1. The molecule has 23 heavy (non-hydrogen) atoms. The van der Waals surface area contributed by atoms with E-state index >= 15 is 0 Å². The molecule has 0 aliphatic carbocycles. The Morgan fingerprint density at radius 1 is 1.17 bits per heavy atom. The molecule has 0 bridgehead atoms. The standard InChI is InChI=1S/C19H20N2OS/c1-14-12-21(13-18(22)15-6-4-3-5-7-15)20-19(14)16-8-10-17(23-2)11-9-16/h3-11,14H,12-13H2,1-2H3. The van der Waals surface area contributed by atoms with E-state index < -0.39 is 0 Å². The number of rotatable bonds is 5. The highest BCUT2D eigenvalue weighted by molar-refractivity contribution is 7.98. The van der Waals surface area contributed by atoms with Crippen LogP contribution in [-0.4, -0.2) is 35.8 Å². The summed E-state index contributed by atoms with van der Waals surface area (Å²) in [4.78, 5) is 13.6. The molecule has 1 aliphatic heterocycles. The first-order valence-corrected chi connectivity index (χ1v) is 8.96. The van der Waals surface area contributed by atoms with Crippen LogP contribution in [0, 0.1) is 5.92 Å². The summed E-state index contributed by atoms with van der Waals surface area (Å²) in [6.07, 6.45) is 2.07. The number of nitrogens with zero attached hydrogens (tertiary/aromatic N) is 2. The van der Waals surface area contributed by atoms with Crippen molar-refractivity contribution in [2.75, 3.05) is 19.3 Å². The average Bonchev–Trinajstić information content (AvgIpc) is 2.96. The van der Waals surface area contributed by atoms with Crippen molar-refractivity contribution >= 4 is 23.3 Å². The predicted molar refractivity (Wildman–Crippen MR) is 96.3 cm³/mol. The third-order valence-electron chi connectivity index (χ3n) is 4.01. The van der Waals surface area contributed by atoms with Crippen LogP contribution in [0.1, 0.15) is 22.8 Å². The molecule has 1 heterocycles. The van der Waals surface area contributed by atoms with Crippen LogP contribution in [0.25, 0.3) is 0 Å². The summed E-state index contributed by atoms with van der Waals surface area (Å²) in [5, 5.41) is 6.57. The fourth-order valence-corrected chi connectivity index (χ4v) is 3.19. The molecule has 0 N–H and O–H groups in total. The molecule has 0 aromatic heterocycles. The summed E-state index contributed by atoms with van der Waals surface area (Å²) < 4.78 is 0. The Balaban J connectivity index is 1.73. The molecule has 1 atom stereocenters. The quantitative estimate of drug-likeness (QED) is 0.617. The minimum atomic E-state index is 0.112. The van der Waals surface area contributed by atoms with Crippen LogP contribution in [-0.2, 0) is 0 Å². The molecule has 1 unspecified atom stereocenters. The zero-order valence-electron chi connectivity index (χ0n) is 13.4. The molecule has 3 nitrogen and oxygen atoms in total. The van der Waals surface area contributed by atoms with E-state index in [9.17, 15) is 4.79 Å². The van der Waals surface area contributed by atoms with Crippen molar-refractivity contribution in [2.24, 2.45) is 11.0 Å². The summed E-state index contributed by atoms with van der Waals surface area (Å²) in [6, 6.07) is 17.9. The van der Waals surface area contributed by atoms with Crippen LogP contribution in [0.3, 0.4) is 0 Å². The van der Waals surface area contributed by atoms with Crippen molar-refractivity contribution in [3.8, 4) is 0 Å². The van der Waals surface area contributed by atoms with Crippen molar-refractivity contribution in [2.45, 2.75) is 11.8 Å². The van der Waals surface area contributed by atoms with Crippen molar-refractivity contribution in [3.05, 3.63) is 65.7 Å². The number of ketones is 1. The van der Waals surface area contributed by atoms with Crippen LogP contribution in [0.2, 0.25) is 0 Å². The van der Waals surface area contributed by atoms with Gasteiger partial charge in [-0.05, 0) is 24.0 Å². The number of thioether (sulfide) groups is 1. The minimum absolute atomic E-state index is 0.112. The highest BCUT2D eigenvalue weighted by Gasteiger charge is 2.25. The van der Waals surface area contributed by atoms with E-state index in [1.165, 1.54) is 4.90 Å². The first-order valence-electron chi connectivity index (χ1n) is 7.73. The Kier molecular flexibility index (Phi) is 4.82. The van der Waals surface area contributed by atoms with E-state index in [-0.39, 0.29) is 5.78 Å². The van der Waals surface area contributed by atoms with Gasteiger partial charge in [-0.3, -0.25) is 9.80 Å². The summed E-state index contributed by atoms with van der Waals surface area (Å²) >= 11 is 1.73. The van der Waals surface area contributed by atoms with Gasteiger partial charge in [0, 0.05) is 22.9 Å². The monoisotopic (exact) mass is 324 g/mol. The van der Waals surface area contributed by atoms with E-state index in [0.29, 0.717) is 12.5 Å². The van der Waals surface area contributed by atoms with E-state index in [4.69, 9.17) is 0 Å². The lowest BCUT2D eigenvalue weighted by molar-refractivity contribution is 0.0937. The fourth-order valence-electron chi connectivity index (χ4n) is 2.78. The zero-order chi connectivity index (χ0) is 16.2. The number of Topliss-reactive ketones (excluding diaryl/α,β-unsaturated/α-hetero) is 1. The van der Waals surface area contributed by atoms with Gasteiger partial charge in [0.1, 0.15) is 0 Å². The molecule has 0 saturated heterocycles. The molecule has 2 aromatic rings. The first kappa shape index (κ1) is 15.8. The lowest BCUT2D eigenvalue weighted by atomic mass is 9.99.